The van der Waals surface area contributed by atoms with E-state index in [1.807, 2.05) is 0 Å². The summed E-state index contributed by atoms with van der Waals surface area (Å²) in [5.74, 6) is -0.967. The average molecular weight is 166 g/mol. The molecule has 0 unspecified atom stereocenters. The van der Waals surface area contributed by atoms with E-state index in [2.05, 4.69) is 20.2 Å². The van der Waals surface area contributed by atoms with E-state index in [1.54, 1.807) is 0 Å². The minimum Gasteiger partial charge on any atom is -0.273 e. The van der Waals surface area contributed by atoms with Crippen molar-refractivity contribution in [3.8, 4) is 0 Å². The first-order valence-corrected chi connectivity index (χ1v) is 3.38. The summed E-state index contributed by atoms with van der Waals surface area (Å²) in [6, 6.07) is 0. The van der Waals surface area contributed by atoms with Crippen LogP contribution in [0, 0.1) is 7.05 Å². The topological polar surface area (TPSA) is 37.4 Å². The molecule has 0 aromatic heterocycles. The molecule has 3 nitrogen and oxygen atoms in total. The van der Waals surface area contributed by atoms with Crippen LogP contribution in [0.5, 0.6) is 0 Å². The third-order valence-electron chi connectivity index (χ3n) is 1.22. The van der Waals surface area contributed by atoms with Gasteiger partial charge < -0.3 is 0 Å². The molecule has 0 spiro atoms. The van der Waals surface area contributed by atoms with Crippen LogP contribution in [0.2, 0.25) is 0 Å². The van der Waals surface area contributed by atoms with Gasteiger partial charge in [0.05, 0.1) is 0 Å². The van der Waals surface area contributed by atoms with Gasteiger partial charge in [0.15, 0.2) is 0 Å². The van der Waals surface area contributed by atoms with E-state index in [4.69, 9.17) is 0 Å². The Labute approximate surface area is 72.4 Å². The van der Waals surface area contributed by atoms with E-state index in [1.165, 1.54) is 13.8 Å². The molecule has 1 radical (unpaired) electrons. The molecule has 0 N–H and O–H groups in total. The van der Waals surface area contributed by atoms with Crippen molar-refractivity contribution in [1.29, 1.82) is 0 Å². The number of hydrogen-bond donors (Lipinski definition) is 0. The van der Waals surface area contributed by atoms with Crippen molar-refractivity contribution < 1.29 is 9.59 Å². The van der Waals surface area contributed by atoms with Gasteiger partial charge in [0, 0.05) is 18.2 Å². The lowest BCUT2D eigenvalue weighted by molar-refractivity contribution is -0.136. The zero-order valence-electron chi connectivity index (χ0n) is 7.39. The molecule has 0 atom stereocenters. The Kier molecular flexibility index (Phi) is 3.41. The molecule has 0 saturated carbocycles. The molecule has 0 aromatic rings. The van der Waals surface area contributed by atoms with E-state index in [0.717, 1.165) is 4.90 Å². The molecule has 65 valence electrons. The van der Waals surface area contributed by atoms with Crippen LogP contribution in [0.1, 0.15) is 13.8 Å². The second-order valence-electron chi connectivity index (χ2n) is 2.60. The summed E-state index contributed by atoms with van der Waals surface area (Å²) >= 11 is 0. The van der Waals surface area contributed by atoms with Crippen LogP contribution in [-0.2, 0) is 9.59 Å². The van der Waals surface area contributed by atoms with Crippen molar-refractivity contribution in [3.63, 3.8) is 0 Å². The second kappa shape index (κ2) is 3.85. The summed E-state index contributed by atoms with van der Waals surface area (Å²) in [7, 11) is 3.29. The van der Waals surface area contributed by atoms with Crippen LogP contribution in [0.25, 0.3) is 0 Å². The van der Waals surface area contributed by atoms with Crippen molar-refractivity contribution in [2.45, 2.75) is 13.8 Å². The smallest absolute Gasteiger partial charge is 0.255 e. The van der Waals surface area contributed by atoms with Crippen molar-refractivity contribution in [2.75, 3.05) is 0 Å². The molecule has 0 aliphatic rings. The van der Waals surface area contributed by atoms with Crippen LogP contribution in [0.15, 0.2) is 24.3 Å². The van der Waals surface area contributed by atoms with Crippen molar-refractivity contribution in [2.24, 2.45) is 0 Å². The number of nitrogens with zero attached hydrogens (tertiary/aromatic N) is 1. The largest absolute Gasteiger partial charge is 0.273 e. The quantitative estimate of drug-likeness (QED) is 0.579. The van der Waals surface area contributed by atoms with E-state index in [-0.39, 0.29) is 11.1 Å². The van der Waals surface area contributed by atoms with E-state index >= 15 is 0 Å². The standard InChI is InChI=1S/C9H12NO2/c1-6(2)8(11)10(5)9(12)7(3)4/h1,3,5H2,2,4H3. The summed E-state index contributed by atoms with van der Waals surface area (Å²) in [4.78, 5) is 22.9. The van der Waals surface area contributed by atoms with Gasteiger partial charge in [0.1, 0.15) is 0 Å². The minimum atomic E-state index is -0.483. The highest BCUT2D eigenvalue weighted by molar-refractivity contribution is 6.09. The van der Waals surface area contributed by atoms with E-state index < -0.39 is 11.8 Å². The van der Waals surface area contributed by atoms with Gasteiger partial charge in [-0.2, -0.15) is 0 Å². The molecule has 0 saturated heterocycles. The molecular weight excluding hydrogens is 154 g/mol. The first kappa shape index (κ1) is 10.6. The highest BCUT2D eigenvalue weighted by Gasteiger charge is 2.17. The fourth-order valence-electron chi connectivity index (χ4n) is 0.553. The van der Waals surface area contributed by atoms with Gasteiger partial charge in [-0.15, -0.1) is 0 Å². The lowest BCUT2D eigenvalue weighted by Gasteiger charge is -2.14. The Hall–Kier alpha value is -1.38. The molecule has 0 rings (SSSR count). The monoisotopic (exact) mass is 166 g/mol. The van der Waals surface area contributed by atoms with E-state index in [9.17, 15) is 9.59 Å². The number of rotatable bonds is 2. The number of hydrogen-bond acceptors (Lipinski definition) is 2. The maximum absolute atomic E-state index is 11.1. The van der Waals surface area contributed by atoms with E-state index in [0.29, 0.717) is 0 Å². The Morgan fingerprint density at radius 1 is 1.00 bits per heavy atom. The molecule has 0 bridgehead atoms. The Morgan fingerprint density at radius 2 is 1.25 bits per heavy atom. The molecular formula is C9H12NO2. The molecule has 0 aromatic carbocycles. The van der Waals surface area contributed by atoms with Gasteiger partial charge in [-0.3, -0.25) is 14.5 Å². The van der Waals surface area contributed by atoms with Gasteiger partial charge in [-0.25, -0.2) is 0 Å². The first-order chi connectivity index (χ1) is 5.37. The average Bonchev–Trinajstić information content (AvgIpc) is 2.00. The Bertz CT molecular complexity index is 227. The number of imide groups is 1. The highest BCUT2D eigenvalue weighted by atomic mass is 16.2. The fourth-order valence-corrected chi connectivity index (χ4v) is 0.553. The maximum atomic E-state index is 11.1. The number of carbonyl (C=O) groups is 2. The Morgan fingerprint density at radius 3 is 1.42 bits per heavy atom. The molecule has 0 aliphatic carbocycles. The van der Waals surface area contributed by atoms with Crippen molar-refractivity contribution >= 4 is 11.8 Å². The third kappa shape index (κ3) is 2.34. The lowest BCUT2D eigenvalue weighted by Crippen LogP contribution is -2.31. The summed E-state index contributed by atoms with van der Waals surface area (Å²) in [5.41, 5.74) is 0.555. The number of carbonyl (C=O) groups excluding carboxylic acids is 2. The van der Waals surface area contributed by atoms with Gasteiger partial charge in [-0.05, 0) is 13.8 Å². The third-order valence-corrected chi connectivity index (χ3v) is 1.22. The molecule has 2 amide bonds. The molecule has 0 aliphatic heterocycles. The molecule has 3 heteroatoms. The van der Waals surface area contributed by atoms with Crippen molar-refractivity contribution in [3.05, 3.63) is 31.4 Å². The Balaban J connectivity index is 4.51. The van der Waals surface area contributed by atoms with Crippen LogP contribution in [0.3, 0.4) is 0 Å². The summed E-state index contributed by atoms with van der Waals surface area (Å²) < 4.78 is 0. The SMILES string of the molecule is [CH2]N(C(=O)C(=C)C)C(=O)C(=C)C. The molecule has 0 heterocycles. The second-order valence-corrected chi connectivity index (χ2v) is 2.60. The lowest BCUT2D eigenvalue weighted by atomic mass is 10.2. The highest BCUT2D eigenvalue weighted by Crippen LogP contribution is 2.02. The van der Waals surface area contributed by atoms with Gasteiger partial charge in [0.25, 0.3) is 11.8 Å². The van der Waals surface area contributed by atoms with Crippen LogP contribution in [-0.4, -0.2) is 16.7 Å². The summed E-state index contributed by atoms with van der Waals surface area (Å²) in [6.07, 6.45) is 0. The normalized spacial score (nSPS) is 8.92. The van der Waals surface area contributed by atoms with Crippen LogP contribution < -0.4 is 0 Å². The molecule has 12 heavy (non-hydrogen) atoms. The van der Waals surface area contributed by atoms with Crippen LogP contribution >= 0.6 is 0 Å². The zero-order valence-corrected chi connectivity index (χ0v) is 7.39. The predicted octanol–water partition coefficient (Wildman–Crippen LogP) is 1.29. The van der Waals surface area contributed by atoms with Gasteiger partial charge in [0.2, 0.25) is 0 Å². The van der Waals surface area contributed by atoms with Crippen molar-refractivity contribution in [1.82, 2.24) is 4.90 Å². The summed E-state index contributed by atoms with van der Waals surface area (Å²) in [6.45, 7) is 9.85. The fraction of sp³-hybridized carbons (Fsp3) is 0.222. The minimum absolute atomic E-state index is 0.277. The molecule has 0 fully saturated rings. The van der Waals surface area contributed by atoms with Gasteiger partial charge >= 0.3 is 0 Å². The van der Waals surface area contributed by atoms with Crippen LogP contribution in [0.4, 0.5) is 0 Å². The number of amides is 2. The zero-order chi connectivity index (χ0) is 9.89. The summed E-state index contributed by atoms with van der Waals surface area (Å²) in [5, 5.41) is 0. The first-order valence-electron chi connectivity index (χ1n) is 3.38. The maximum Gasteiger partial charge on any atom is 0.255 e. The van der Waals surface area contributed by atoms with Gasteiger partial charge in [-0.1, -0.05) is 13.2 Å². The predicted molar refractivity (Wildman–Crippen MR) is 46.8 cm³/mol.